The molecule has 0 bridgehead atoms. The maximum absolute atomic E-state index is 10.0. The first kappa shape index (κ1) is 31.1. The maximum Gasteiger partial charge on any atom is 0.132 e. The highest BCUT2D eigenvalue weighted by Crippen LogP contribution is 2.30. The Bertz CT molecular complexity index is 1110. The van der Waals surface area contributed by atoms with Gasteiger partial charge in [-0.15, -0.1) is 0 Å². The highest BCUT2D eigenvalue weighted by atomic mass is 16.5. The molecule has 9 heteroatoms. The van der Waals surface area contributed by atoms with Gasteiger partial charge in [0.15, 0.2) is 0 Å². The van der Waals surface area contributed by atoms with E-state index in [1.165, 1.54) is 5.57 Å². The van der Waals surface area contributed by atoms with E-state index in [1.807, 2.05) is 44.4 Å². The van der Waals surface area contributed by atoms with Crippen molar-refractivity contribution in [3.05, 3.63) is 60.3 Å². The number of rotatable bonds is 12. The zero-order chi connectivity index (χ0) is 28.7. The SMILES string of the molecule is CNc1cc(Oc2ccc(N(C)CNC3C=CC=C(C(C)C)C3)c(N)c2)ccn1.O=CCCCN1CCOCC1. The largest absolute Gasteiger partial charge is 0.457 e. The first-order valence-corrected chi connectivity index (χ1v) is 14.2. The van der Waals surface area contributed by atoms with Gasteiger partial charge in [-0.1, -0.05) is 37.6 Å². The van der Waals surface area contributed by atoms with Crippen molar-refractivity contribution >= 4 is 23.5 Å². The molecular formula is C31H46N6O3. The van der Waals surface area contributed by atoms with Crippen LogP contribution in [0.4, 0.5) is 17.2 Å². The lowest BCUT2D eigenvalue weighted by Gasteiger charge is -2.27. The van der Waals surface area contributed by atoms with E-state index in [9.17, 15) is 4.79 Å². The van der Waals surface area contributed by atoms with E-state index < -0.39 is 0 Å². The summed E-state index contributed by atoms with van der Waals surface area (Å²) in [7, 11) is 3.86. The lowest BCUT2D eigenvalue weighted by Crippen LogP contribution is -2.38. The Morgan fingerprint density at radius 2 is 2.00 bits per heavy atom. The quantitative estimate of drug-likeness (QED) is 0.150. The fraction of sp³-hybridized carbons (Fsp3) is 0.484. The summed E-state index contributed by atoms with van der Waals surface area (Å²) in [4.78, 5) is 18.7. The summed E-state index contributed by atoms with van der Waals surface area (Å²) in [5.41, 5.74) is 9.43. The number of carbonyl (C=O) groups is 1. The molecule has 1 atom stereocenters. The van der Waals surface area contributed by atoms with Gasteiger partial charge in [0.2, 0.25) is 0 Å². The molecular weight excluding hydrogens is 504 g/mol. The first-order chi connectivity index (χ1) is 19.4. The molecule has 1 aliphatic heterocycles. The number of nitrogens with two attached hydrogens (primary N) is 1. The predicted octanol–water partition coefficient (Wildman–Crippen LogP) is 4.69. The third-order valence-corrected chi connectivity index (χ3v) is 6.98. The van der Waals surface area contributed by atoms with Crippen LogP contribution in [0.25, 0.3) is 0 Å². The van der Waals surface area contributed by atoms with Gasteiger partial charge >= 0.3 is 0 Å². The normalized spacial score (nSPS) is 17.0. The molecule has 40 heavy (non-hydrogen) atoms. The number of allylic oxidation sites excluding steroid dienone is 2. The van der Waals surface area contributed by atoms with Gasteiger partial charge in [-0.3, -0.25) is 10.2 Å². The van der Waals surface area contributed by atoms with Crippen LogP contribution in [0.1, 0.15) is 33.1 Å². The number of hydrogen-bond acceptors (Lipinski definition) is 9. The van der Waals surface area contributed by atoms with Crippen LogP contribution in [0.2, 0.25) is 0 Å². The molecule has 1 aromatic carbocycles. The van der Waals surface area contributed by atoms with Crippen molar-refractivity contribution in [2.45, 2.75) is 39.2 Å². The summed E-state index contributed by atoms with van der Waals surface area (Å²) in [6.45, 7) is 9.98. The summed E-state index contributed by atoms with van der Waals surface area (Å²) in [5, 5.41) is 6.60. The molecule has 1 aliphatic carbocycles. The number of nitrogens with zero attached hydrogens (tertiary/aromatic N) is 3. The van der Waals surface area contributed by atoms with Crippen LogP contribution in [-0.2, 0) is 9.53 Å². The molecule has 2 aliphatic rings. The lowest BCUT2D eigenvalue weighted by atomic mass is 9.92. The summed E-state index contributed by atoms with van der Waals surface area (Å²) in [6.07, 6.45) is 12.0. The zero-order valence-electron chi connectivity index (χ0n) is 24.4. The Labute approximate surface area is 239 Å². The number of ether oxygens (including phenoxy) is 2. The predicted molar refractivity (Wildman–Crippen MR) is 164 cm³/mol. The van der Waals surface area contributed by atoms with Crippen LogP contribution < -0.4 is 26.0 Å². The van der Waals surface area contributed by atoms with E-state index in [1.54, 1.807) is 6.20 Å². The summed E-state index contributed by atoms with van der Waals surface area (Å²) in [6, 6.07) is 9.78. The number of pyridine rings is 1. The summed E-state index contributed by atoms with van der Waals surface area (Å²) < 4.78 is 11.1. The lowest BCUT2D eigenvalue weighted by molar-refractivity contribution is -0.108. The van der Waals surface area contributed by atoms with Gasteiger partial charge in [0.25, 0.3) is 0 Å². The Balaban J connectivity index is 0.000000336. The van der Waals surface area contributed by atoms with Crippen LogP contribution >= 0.6 is 0 Å². The highest BCUT2D eigenvalue weighted by Gasteiger charge is 2.15. The molecule has 1 aromatic heterocycles. The van der Waals surface area contributed by atoms with Crippen LogP contribution in [0.15, 0.2) is 60.3 Å². The van der Waals surface area contributed by atoms with Crippen molar-refractivity contribution in [2.75, 3.05) is 69.6 Å². The summed E-state index contributed by atoms with van der Waals surface area (Å²) in [5.74, 6) is 2.74. The number of carbonyl (C=O) groups excluding carboxylic acids is 1. The molecule has 0 radical (unpaired) electrons. The molecule has 0 spiro atoms. The number of anilines is 3. The second-order valence-corrected chi connectivity index (χ2v) is 10.4. The molecule has 4 N–H and O–H groups in total. The van der Waals surface area contributed by atoms with Crippen molar-refractivity contribution in [1.29, 1.82) is 0 Å². The monoisotopic (exact) mass is 550 g/mol. The second kappa shape index (κ2) is 16.6. The molecule has 1 saturated heterocycles. The van der Waals surface area contributed by atoms with E-state index >= 15 is 0 Å². The molecule has 2 aromatic rings. The van der Waals surface area contributed by atoms with Crippen LogP contribution in [-0.4, -0.2) is 75.8 Å². The number of benzene rings is 1. The molecule has 1 unspecified atom stereocenters. The number of nitrogens with one attached hydrogen (secondary N) is 2. The smallest absolute Gasteiger partial charge is 0.132 e. The second-order valence-electron chi connectivity index (χ2n) is 10.4. The minimum Gasteiger partial charge on any atom is -0.457 e. The van der Waals surface area contributed by atoms with Gasteiger partial charge in [0, 0.05) is 58.0 Å². The number of aldehydes is 1. The molecule has 2 heterocycles. The van der Waals surface area contributed by atoms with Crippen LogP contribution in [0.5, 0.6) is 11.5 Å². The standard InChI is InChI=1S/C23H31N5O.C8H15NO2/c1-16(2)17-6-5-7-18(12-17)27-15-28(4)22-9-8-19(13-21(22)24)29-20-10-11-26-23(14-20)25-3;10-6-2-1-3-9-4-7-11-8-5-9/h5-11,13-14,16,18,27H,12,15,24H2,1-4H3,(H,25,26);6H,1-5,7-8H2. The first-order valence-electron chi connectivity index (χ1n) is 14.2. The average Bonchev–Trinajstić information content (AvgIpc) is 2.97. The molecule has 218 valence electrons. The maximum atomic E-state index is 10.0. The van der Waals surface area contributed by atoms with Crippen molar-refractivity contribution < 1.29 is 14.3 Å². The van der Waals surface area contributed by atoms with Crippen LogP contribution in [0, 0.1) is 5.92 Å². The van der Waals surface area contributed by atoms with Gasteiger partial charge in [0.05, 0.1) is 31.3 Å². The Kier molecular flexibility index (Phi) is 13.0. The summed E-state index contributed by atoms with van der Waals surface area (Å²) >= 11 is 0. The third kappa shape index (κ3) is 10.3. The molecule has 1 fully saturated rings. The van der Waals surface area contributed by atoms with Gasteiger partial charge < -0.3 is 30.2 Å². The van der Waals surface area contributed by atoms with E-state index in [0.717, 1.165) is 63.5 Å². The van der Waals surface area contributed by atoms with Gasteiger partial charge in [-0.25, -0.2) is 4.98 Å². The Morgan fingerprint density at radius 1 is 1.23 bits per heavy atom. The average molecular weight is 551 g/mol. The van der Waals surface area contributed by atoms with E-state index in [4.69, 9.17) is 15.2 Å². The highest BCUT2D eigenvalue weighted by molar-refractivity contribution is 5.69. The zero-order valence-corrected chi connectivity index (χ0v) is 24.4. The van der Waals surface area contributed by atoms with Crippen LogP contribution in [0.3, 0.4) is 0 Å². The minimum absolute atomic E-state index is 0.344. The minimum atomic E-state index is 0.344. The van der Waals surface area contributed by atoms with Gasteiger partial charge in [-0.05, 0) is 43.5 Å². The fourth-order valence-corrected chi connectivity index (χ4v) is 4.53. The number of nitrogen functional groups attached to an aromatic ring is 1. The number of aromatic nitrogens is 1. The Morgan fingerprint density at radius 3 is 2.70 bits per heavy atom. The topological polar surface area (TPSA) is 105 Å². The fourth-order valence-electron chi connectivity index (χ4n) is 4.53. The van der Waals surface area contributed by atoms with Gasteiger partial charge in [-0.2, -0.15) is 0 Å². The van der Waals surface area contributed by atoms with Crippen molar-refractivity contribution in [2.24, 2.45) is 5.92 Å². The third-order valence-electron chi connectivity index (χ3n) is 6.98. The van der Waals surface area contributed by atoms with E-state index in [-0.39, 0.29) is 0 Å². The van der Waals surface area contributed by atoms with Crippen molar-refractivity contribution in [1.82, 2.24) is 15.2 Å². The molecule has 0 saturated carbocycles. The molecule has 9 nitrogen and oxygen atoms in total. The van der Waals surface area contributed by atoms with E-state index in [2.05, 4.69) is 57.5 Å². The number of unbranched alkanes of at least 4 members (excludes halogenated alkanes) is 1. The van der Waals surface area contributed by atoms with Crippen molar-refractivity contribution in [3.63, 3.8) is 0 Å². The van der Waals surface area contributed by atoms with E-state index in [0.29, 0.717) is 42.2 Å². The van der Waals surface area contributed by atoms with Gasteiger partial charge in [0.1, 0.15) is 23.6 Å². The Hall–Kier alpha value is -3.40. The number of hydrogen-bond donors (Lipinski definition) is 3. The molecule has 0 amide bonds. The number of morpholine rings is 1. The molecule has 4 rings (SSSR count). The van der Waals surface area contributed by atoms with Crippen molar-refractivity contribution in [3.8, 4) is 11.5 Å².